The zero-order valence-corrected chi connectivity index (χ0v) is 14.0. The first-order chi connectivity index (χ1) is 11.4. The zero-order valence-electron chi connectivity index (χ0n) is 14.0. The van der Waals surface area contributed by atoms with E-state index in [1.807, 2.05) is 32.0 Å². The van der Waals surface area contributed by atoms with Crippen LogP contribution >= 0.6 is 0 Å². The SMILES string of the molecule is C=C(C)CN1C(=O)C(Cc2cccc(C)c2)Oc2cc(O)ccc21. The average Bonchev–Trinajstić information content (AvgIpc) is 2.51. The highest BCUT2D eigenvalue weighted by molar-refractivity contribution is 6.00. The van der Waals surface area contributed by atoms with Gasteiger partial charge in [-0.3, -0.25) is 4.79 Å². The average molecular weight is 323 g/mol. The van der Waals surface area contributed by atoms with Gasteiger partial charge in [-0.25, -0.2) is 0 Å². The van der Waals surface area contributed by atoms with Crippen molar-refractivity contribution in [2.45, 2.75) is 26.4 Å². The largest absolute Gasteiger partial charge is 0.508 e. The summed E-state index contributed by atoms with van der Waals surface area (Å²) < 4.78 is 5.90. The number of nitrogens with zero attached hydrogens (tertiary/aromatic N) is 1. The quantitative estimate of drug-likeness (QED) is 0.875. The van der Waals surface area contributed by atoms with Gasteiger partial charge in [0.25, 0.3) is 5.91 Å². The van der Waals surface area contributed by atoms with Gasteiger partial charge in [-0.15, -0.1) is 0 Å². The molecule has 124 valence electrons. The molecular weight excluding hydrogens is 302 g/mol. The number of benzene rings is 2. The number of hydrogen-bond donors (Lipinski definition) is 1. The fourth-order valence-electron chi connectivity index (χ4n) is 2.93. The van der Waals surface area contributed by atoms with E-state index in [4.69, 9.17) is 4.74 Å². The third-order valence-corrected chi connectivity index (χ3v) is 3.98. The number of aryl methyl sites for hydroxylation is 1. The van der Waals surface area contributed by atoms with Crippen LogP contribution in [0.3, 0.4) is 0 Å². The third-order valence-electron chi connectivity index (χ3n) is 3.98. The minimum Gasteiger partial charge on any atom is -0.508 e. The maximum absolute atomic E-state index is 12.9. The summed E-state index contributed by atoms with van der Waals surface area (Å²) >= 11 is 0. The molecule has 1 heterocycles. The molecule has 1 amide bonds. The lowest BCUT2D eigenvalue weighted by Crippen LogP contribution is -2.47. The molecule has 0 saturated heterocycles. The molecule has 0 aliphatic carbocycles. The first-order valence-electron chi connectivity index (χ1n) is 7.95. The van der Waals surface area contributed by atoms with Gasteiger partial charge in [0.1, 0.15) is 11.5 Å². The smallest absolute Gasteiger partial charge is 0.268 e. The molecule has 1 aliphatic rings. The number of carbonyl (C=O) groups is 1. The van der Waals surface area contributed by atoms with Crippen LogP contribution < -0.4 is 9.64 Å². The lowest BCUT2D eigenvalue weighted by Gasteiger charge is -2.34. The van der Waals surface area contributed by atoms with Crippen LogP contribution in [0.25, 0.3) is 0 Å². The van der Waals surface area contributed by atoms with Crippen LogP contribution in [-0.4, -0.2) is 23.7 Å². The summed E-state index contributed by atoms with van der Waals surface area (Å²) in [5.74, 6) is 0.555. The molecule has 3 rings (SSSR count). The van der Waals surface area contributed by atoms with E-state index in [2.05, 4.69) is 12.6 Å². The highest BCUT2D eigenvalue weighted by atomic mass is 16.5. The summed E-state index contributed by atoms with van der Waals surface area (Å²) in [4.78, 5) is 14.6. The molecule has 0 saturated carbocycles. The fourth-order valence-corrected chi connectivity index (χ4v) is 2.93. The molecule has 0 bridgehead atoms. The standard InChI is InChI=1S/C20H21NO3/c1-13(2)12-21-17-8-7-16(22)11-18(17)24-19(20(21)23)10-15-6-4-5-14(3)9-15/h4-9,11,19,22H,1,10,12H2,2-3H3. The molecule has 4 nitrogen and oxygen atoms in total. The molecule has 1 N–H and O–H groups in total. The lowest BCUT2D eigenvalue weighted by molar-refractivity contribution is -0.126. The van der Waals surface area contributed by atoms with Crippen molar-refractivity contribution < 1.29 is 14.6 Å². The molecule has 1 unspecified atom stereocenters. The number of carbonyl (C=O) groups excluding carboxylic acids is 1. The number of ether oxygens (including phenoxy) is 1. The number of phenols is 1. The van der Waals surface area contributed by atoms with E-state index in [1.165, 1.54) is 0 Å². The Balaban J connectivity index is 1.94. The number of amides is 1. The van der Waals surface area contributed by atoms with Crippen LogP contribution in [0.4, 0.5) is 5.69 Å². The van der Waals surface area contributed by atoms with Crippen LogP contribution in [0.2, 0.25) is 0 Å². The van der Waals surface area contributed by atoms with Crippen molar-refractivity contribution in [1.82, 2.24) is 0 Å². The Kier molecular flexibility index (Phi) is 4.30. The van der Waals surface area contributed by atoms with E-state index in [0.717, 1.165) is 16.7 Å². The molecule has 1 aliphatic heterocycles. The predicted octanol–water partition coefficient (Wildman–Crippen LogP) is 3.61. The van der Waals surface area contributed by atoms with Crippen LogP contribution in [0, 0.1) is 6.92 Å². The third kappa shape index (κ3) is 3.27. The Morgan fingerprint density at radius 2 is 2.08 bits per heavy atom. The number of phenolic OH excluding ortho intramolecular Hbond substituents is 1. The monoisotopic (exact) mass is 323 g/mol. The van der Waals surface area contributed by atoms with Gasteiger partial charge in [-0.2, -0.15) is 0 Å². The second kappa shape index (κ2) is 6.40. The predicted molar refractivity (Wildman–Crippen MR) is 94.6 cm³/mol. The van der Waals surface area contributed by atoms with Gasteiger partial charge >= 0.3 is 0 Å². The van der Waals surface area contributed by atoms with E-state index in [9.17, 15) is 9.90 Å². The molecule has 1 atom stereocenters. The van der Waals surface area contributed by atoms with Gasteiger partial charge in [-0.1, -0.05) is 42.0 Å². The van der Waals surface area contributed by atoms with Gasteiger partial charge in [0.15, 0.2) is 6.10 Å². The molecule has 0 spiro atoms. The normalized spacial score (nSPS) is 16.5. The maximum atomic E-state index is 12.9. The Bertz CT molecular complexity index is 797. The topological polar surface area (TPSA) is 49.8 Å². The van der Waals surface area contributed by atoms with Crippen molar-refractivity contribution in [2.24, 2.45) is 0 Å². The van der Waals surface area contributed by atoms with Crippen LogP contribution in [-0.2, 0) is 11.2 Å². The fraction of sp³-hybridized carbons (Fsp3) is 0.250. The zero-order chi connectivity index (χ0) is 17.3. The van der Waals surface area contributed by atoms with Crippen molar-refractivity contribution in [2.75, 3.05) is 11.4 Å². The maximum Gasteiger partial charge on any atom is 0.268 e. The molecule has 24 heavy (non-hydrogen) atoms. The van der Waals surface area contributed by atoms with E-state index in [1.54, 1.807) is 23.1 Å². The van der Waals surface area contributed by atoms with Crippen molar-refractivity contribution in [3.8, 4) is 11.5 Å². The number of anilines is 1. The number of fused-ring (bicyclic) bond motifs is 1. The summed E-state index contributed by atoms with van der Waals surface area (Å²) in [6.45, 7) is 8.25. The second-order valence-electron chi connectivity index (χ2n) is 6.33. The Morgan fingerprint density at radius 3 is 2.79 bits per heavy atom. The van der Waals surface area contributed by atoms with Gasteiger partial charge < -0.3 is 14.7 Å². The van der Waals surface area contributed by atoms with E-state index < -0.39 is 6.10 Å². The summed E-state index contributed by atoms with van der Waals surface area (Å²) in [6, 6.07) is 12.9. The van der Waals surface area contributed by atoms with Crippen molar-refractivity contribution >= 4 is 11.6 Å². The first-order valence-corrected chi connectivity index (χ1v) is 7.95. The summed E-state index contributed by atoms with van der Waals surface area (Å²) in [5, 5.41) is 9.73. The summed E-state index contributed by atoms with van der Waals surface area (Å²) in [5.41, 5.74) is 3.75. The van der Waals surface area contributed by atoms with E-state index >= 15 is 0 Å². The summed E-state index contributed by atoms with van der Waals surface area (Å²) in [7, 11) is 0. The Labute approximate surface area is 142 Å². The van der Waals surface area contributed by atoms with Crippen molar-refractivity contribution in [3.63, 3.8) is 0 Å². The highest BCUT2D eigenvalue weighted by Crippen LogP contribution is 2.37. The van der Waals surface area contributed by atoms with Crippen LogP contribution in [0.1, 0.15) is 18.1 Å². The molecule has 2 aromatic carbocycles. The molecule has 0 fully saturated rings. The highest BCUT2D eigenvalue weighted by Gasteiger charge is 2.34. The Hall–Kier alpha value is -2.75. The first kappa shape index (κ1) is 16.1. The minimum atomic E-state index is -0.611. The van der Waals surface area contributed by atoms with E-state index in [0.29, 0.717) is 24.4 Å². The lowest BCUT2D eigenvalue weighted by atomic mass is 10.0. The minimum absolute atomic E-state index is 0.0855. The number of rotatable bonds is 4. The summed E-state index contributed by atoms with van der Waals surface area (Å²) in [6.07, 6.45) is -0.122. The van der Waals surface area contributed by atoms with Gasteiger partial charge in [0.05, 0.1) is 5.69 Å². The van der Waals surface area contributed by atoms with E-state index in [-0.39, 0.29) is 11.7 Å². The molecule has 4 heteroatoms. The van der Waals surface area contributed by atoms with Crippen molar-refractivity contribution in [3.05, 3.63) is 65.7 Å². The molecular formula is C20H21NO3. The second-order valence-corrected chi connectivity index (χ2v) is 6.33. The van der Waals surface area contributed by atoms with Crippen LogP contribution in [0.15, 0.2) is 54.6 Å². The number of aromatic hydroxyl groups is 1. The number of hydrogen-bond acceptors (Lipinski definition) is 3. The van der Waals surface area contributed by atoms with Gasteiger partial charge in [0, 0.05) is 19.0 Å². The Morgan fingerprint density at radius 1 is 1.29 bits per heavy atom. The molecule has 0 radical (unpaired) electrons. The van der Waals surface area contributed by atoms with Gasteiger partial charge in [-0.05, 0) is 31.5 Å². The molecule has 0 aromatic heterocycles. The van der Waals surface area contributed by atoms with Gasteiger partial charge in [0.2, 0.25) is 0 Å². The van der Waals surface area contributed by atoms with Crippen LogP contribution in [0.5, 0.6) is 11.5 Å². The molecule has 2 aromatic rings. The van der Waals surface area contributed by atoms with Crippen molar-refractivity contribution in [1.29, 1.82) is 0 Å².